The van der Waals surface area contributed by atoms with Crippen molar-refractivity contribution in [1.29, 1.82) is 0 Å². The third-order valence-electron chi connectivity index (χ3n) is 4.11. The van der Waals surface area contributed by atoms with E-state index in [1.807, 2.05) is 6.92 Å². The van der Waals surface area contributed by atoms with E-state index in [1.165, 1.54) is 24.0 Å². The Hall–Kier alpha value is -1.12. The smallest absolute Gasteiger partial charge is 0.0672 e. The minimum absolute atomic E-state index is 0.297. The van der Waals surface area contributed by atoms with E-state index in [1.54, 1.807) is 0 Å². The van der Waals surface area contributed by atoms with E-state index in [4.69, 9.17) is 4.74 Å². The third-order valence-corrected chi connectivity index (χ3v) is 4.11. The second-order valence-electron chi connectivity index (χ2n) is 6.53. The Morgan fingerprint density at radius 2 is 2.15 bits per heavy atom. The highest BCUT2D eigenvalue weighted by molar-refractivity contribution is 5.38. The number of hydrogen-bond donors (Lipinski definition) is 1. The lowest BCUT2D eigenvalue weighted by molar-refractivity contribution is 0.153. The molecule has 1 aliphatic carbocycles. The number of fused-ring (bicyclic) bond motifs is 1. The molecule has 0 fully saturated rings. The zero-order chi connectivity index (χ0) is 14.6. The maximum atomic E-state index is 5.55. The summed E-state index contributed by atoms with van der Waals surface area (Å²) in [6, 6.07) is 9.31. The van der Waals surface area contributed by atoms with E-state index in [0.717, 1.165) is 18.7 Å². The second kappa shape index (κ2) is 6.55. The zero-order valence-corrected chi connectivity index (χ0v) is 13.0. The highest BCUT2D eigenvalue weighted by Gasteiger charge is 2.31. The second-order valence-corrected chi connectivity index (χ2v) is 6.53. The van der Waals surface area contributed by atoms with Crippen LogP contribution in [0.3, 0.4) is 0 Å². The van der Waals surface area contributed by atoms with Crippen LogP contribution in [-0.4, -0.2) is 19.8 Å². The average Bonchev–Trinajstić information content (AvgIpc) is 2.41. The molecule has 0 aromatic heterocycles. The van der Waals surface area contributed by atoms with Crippen molar-refractivity contribution < 1.29 is 4.74 Å². The third kappa shape index (κ3) is 3.71. The van der Waals surface area contributed by atoms with Crippen molar-refractivity contribution in [2.24, 2.45) is 0 Å². The summed E-state index contributed by atoms with van der Waals surface area (Å²) < 4.78 is 5.55. The van der Waals surface area contributed by atoms with Crippen LogP contribution in [0, 0.1) is 0 Å². The fraction of sp³-hybridized carbons (Fsp3) is 0.556. The predicted molar refractivity (Wildman–Crippen MR) is 85.1 cm³/mol. The summed E-state index contributed by atoms with van der Waals surface area (Å²) in [5.74, 6) is 0. The molecule has 2 nitrogen and oxygen atoms in total. The Balaban J connectivity index is 1.92. The molecule has 0 heterocycles. The van der Waals surface area contributed by atoms with Gasteiger partial charge < -0.3 is 10.1 Å². The van der Waals surface area contributed by atoms with Crippen LogP contribution in [-0.2, 0) is 10.2 Å². The van der Waals surface area contributed by atoms with Crippen LogP contribution >= 0.6 is 0 Å². The van der Waals surface area contributed by atoms with Gasteiger partial charge in [-0.05, 0) is 36.3 Å². The minimum Gasteiger partial charge on any atom is -0.376 e. The Morgan fingerprint density at radius 1 is 1.40 bits per heavy atom. The fourth-order valence-electron chi connectivity index (χ4n) is 2.98. The molecule has 1 aliphatic rings. The summed E-state index contributed by atoms with van der Waals surface area (Å²) in [5.41, 5.74) is 4.33. The SMILES string of the molecule is C=C(C)COCCNC1CCC(C)(C)c2ccccc21. The first kappa shape index (κ1) is 15.3. The van der Waals surface area contributed by atoms with E-state index in [2.05, 4.69) is 50.0 Å². The van der Waals surface area contributed by atoms with Gasteiger partial charge in [-0.25, -0.2) is 0 Å². The van der Waals surface area contributed by atoms with Crippen molar-refractivity contribution >= 4 is 0 Å². The summed E-state index contributed by atoms with van der Waals surface area (Å²) >= 11 is 0. The topological polar surface area (TPSA) is 21.3 Å². The molecular formula is C18H27NO. The molecule has 1 N–H and O–H groups in total. The van der Waals surface area contributed by atoms with Gasteiger partial charge in [0.2, 0.25) is 0 Å². The number of hydrogen-bond acceptors (Lipinski definition) is 2. The van der Waals surface area contributed by atoms with Gasteiger partial charge in [-0.2, -0.15) is 0 Å². The zero-order valence-electron chi connectivity index (χ0n) is 13.0. The molecule has 1 unspecified atom stereocenters. The van der Waals surface area contributed by atoms with Crippen molar-refractivity contribution in [3.8, 4) is 0 Å². The van der Waals surface area contributed by atoms with Gasteiger partial charge in [0, 0.05) is 12.6 Å². The lowest BCUT2D eigenvalue weighted by Crippen LogP contribution is -2.34. The molecule has 0 bridgehead atoms. The van der Waals surface area contributed by atoms with Gasteiger partial charge in [0.1, 0.15) is 0 Å². The predicted octanol–water partition coefficient (Wildman–Crippen LogP) is 3.98. The number of benzene rings is 1. The highest BCUT2D eigenvalue weighted by atomic mass is 16.5. The maximum Gasteiger partial charge on any atom is 0.0672 e. The molecular weight excluding hydrogens is 246 g/mol. The van der Waals surface area contributed by atoms with Gasteiger partial charge in [-0.15, -0.1) is 0 Å². The van der Waals surface area contributed by atoms with Crippen LogP contribution in [0.1, 0.15) is 50.8 Å². The Bertz CT molecular complexity index is 464. The lowest BCUT2D eigenvalue weighted by atomic mass is 9.71. The Labute approximate surface area is 123 Å². The molecule has 110 valence electrons. The average molecular weight is 273 g/mol. The minimum atomic E-state index is 0.297. The van der Waals surface area contributed by atoms with E-state index >= 15 is 0 Å². The lowest BCUT2D eigenvalue weighted by Gasteiger charge is -2.37. The van der Waals surface area contributed by atoms with Crippen molar-refractivity contribution in [3.05, 3.63) is 47.5 Å². The molecule has 1 aromatic rings. The summed E-state index contributed by atoms with van der Waals surface area (Å²) in [7, 11) is 0. The Morgan fingerprint density at radius 3 is 2.90 bits per heavy atom. The molecule has 2 heteroatoms. The van der Waals surface area contributed by atoms with Crippen molar-refractivity contribution in [3.63, 3.8) is 0 Å². The first-order chi connectivity index (χ1) is 9.50. The maximum absolute atomic E-state index is 5.55. The van der Waals surface area contributed by atoms with E-state index in [0.29, 0.717) is 18.1 Å². The highest BCUT2D eigenvalue weighted by Crippen LogP contribution is 2.41. The molecule has 20 heavy (non-hydrogen) atoms. The van der Waals surface area contributed by atoms with Crippen molar-refractivity contribution in [1.82, 2.24) is 5.32 Å². The quantitative estimate of drug-likeness (QED) is 0.625. The molecule has 1 aromatic carbocycles. The number of ether oxygens (including phenoxy) is 1. The number of rotatable bonds is 6. The molecule has 0 saturated heterocycles. The largest absolute Gasteiger partial charge is 0.376 e. The first-order valence-corrected chi connectivity index (χ1v) is 7.55. The molecule has 0 radical (unpaired) electrons. The van der Waals surface area contributed by atoms with Crippen LogP contribution in [0.15, 0.2) is 36.4 Å². The van der Waals surface area contributed by atoms with E-state index < -0.39 is 0 Å². The Kier molecular flexibility index (Phi) is 5.00. The summed E-state index contributed by atoms with van der Waals surface area (Å²) in [5, 5.41) is 3.63. The monoisotopic (exact) mass is 273 g/mol. The molecule has 0 spiro atoms. The molecule has 0 saturated carbocycles. The van der Waals surface area contributed by atoms with Crippen LogP contribution < -0.4 is 5.32 Å². The first-order valence-electron chi connectivity index (χ1n) is 7.55. The van der Waals surface area contributed by atoms with Gasteiger partial charge in [-0.3, -0.25) is 0 Å². The van der Waals surface area contributed by atoms with Crippen LogP contribution in [0.5, 0.6) is 0 Å². The molecule has 0 aliphatic heterocycles. The summed E-state index contributed by atoms with van der Waals surface area (Å²) in [4.78, 5) is 0. The fourth-order valence-corrected chi connectivity index (χ4v) is 2.98. The molecule has 2 rings (SSSR count). The van der Waals surface area contributed by atoms with E-state index in [-0.39, 0.29) is 0 Å². The normalized spacial score (nSPS) is 20.4. The number of nitrogens with one attached hydrogen (secondary N) is 1. The van der Waals surface area contributed by atoms with Gasteiger partial charge in [-0.1, -0.05) is 50.3 Å². The van der Waals surface area contributed by atoms with Gasteiger partial charge in [0.25, 0.3) is 0 Å². The molecule has 1 atom stereocenters. The standard InChI is InChI=1S/C18H27NO/c1-14(2)13-20-12-11-19-17-9-10-18(3,4)16-8-6-5-7-15(16)17/h5-8,17,19H,1,9-13H2,2-4H3. The van der Waals surface area contributed by atoms with Crippen LogP contribution in [0.4, 0.5) is 0 Å². The van der Waals surface area contributed by atoms with Gasteiger partial charge in [0.05, 0.1) is 13.2 Å². The van der Waals surface area contributed by atoms with Crippen LogP contribution in [0.25, 0.3) is 0 Å². The van der Waals surface area contributed by atoms with Gasteiger partial charge in [0.15, 0.2) is 0 Å². The molecule has 0 amide bonds. The van der Waals surface area contributed by atoms with Crippen molar-refractivity contribution in [2.75, 3.05) is 19.8 Å². The van der Waals surface area contributed by atoms with Crippen LogP contribution in [0.2, 0.25) is 0 Å². The summed E-state index contributed by atoms with van der Waals surface area (Å²) in [6.45, 7) is 12.8. The summed E-state index contributed by atoms with van der Waals surface area (Å²) in [6.07, 6.45) is 2.43. The van der Waals surface area contributed by atoms with E-state index in [9.17, 15) is 0 Å². The van der Waals surface area contributed by atoms with Gasteiger partial charge >= 0.3 is 0 Å². The van der Waals surface area contributed by atoms with Crippen molar-refractivity contribution in [2.45, 2.75) is 45.1 Å².